The molecule has 0 N–H and O–H groups in total. The van der Waals surface area contributed by atoms with Gasteiger partial charge in [-0.3, -0.25) is 4.57 Å². The van der Waals surface area contributed by atoms with Gasteiger partial charge in [-0.1, -0.05) is 72.8 Å². The van der Waals surface area contributed by atoms with Gasteiger partial charge < -0.3 is 13.7 Å². The number of pyridine rings is 1. The predicted octanol–water partition coefficient (Wildman–Crippen LogP) is 16.3. The molecule has 5 heterocycles. The summed E-state index contributed by atoms with van der Waals surface area (Å²) in [5.41, 5.74) is 15.4. The van der Waals surface area contributed by atoms with Crippen molar-refractivity contribution in [1.29, 1.82) is 31.6 Å². The van der Waals surface area contributed by atoms with E-state index >= 15 is 0 Å². The number of para-hydroxylation sites is 2. The molecule has 0 amide bonds. The minimum atomic E-state index is 0.444. The van der Waals surface area contributed by atoms with Gasteiger partial charge in [-0.15, -0.1) is 0 Å². The van der Waals surface area contributed by atoms with E-state index < -0.39 is 0 Å². The summed E-state index contributed by atoms with van der Waals surface area (Å²) in [5.74, 6) is 0.495. The lowest BCUT2D eigenvalue weighted by Gasteiger charge is -2.27. The van der Waals surface area contributed by atoms with Crippen molar-refractivity contribution in [2.24, 2.45) is 0 Å². The fourth-order valence-corrected chi connectivity index (χ4v) is 12.6. The molecule has 15 rings (SSSR count). The van der Waals surface area contributed by atoms with Crippen molar-refractivity contribution in [3.63, 3.8) is 0 Å². The summed E-state index contributed by atoms with van der Waals surface area (Å²) in [6.07, 6.45) is 0. The van der Waals surface area contributed by atoms with Crippen LogP contribution in [0.2, 0.25) is 0 Å². The normalized spacial score (nSPS) is 11.4. The summed E-state index contributed by atoms with van der Waals surface area (Å²) in [5, 5.41) is 69.3. The van der Waals surface area contributed by atoms with Crippen molar-refractivity contribution in [1.82, 2.24) is 23.3 Å². The average Bonchev–Trinajstić information content (AvgIpc) is 3.86. The Kier molecular flexibility index (Phi) is 10.5. The molecule has 0 aliphatic carbocycles. The molecule has 0 saturated carbocycles. The van der Waals surface area contributed by atoms with Crippen molar-refractivity contribution >= 4 is 87.2 Å². The first-order valence-electron chi connectivity index (χ1n) is 26.7. The van der Waals surface area contributed by atoms with Gasteiger partial charge in [0.2, 0.25) is 0 Å². The standard InChI is InChI=1S/C72H37N11/c1-42-8-2-3-9-51(42)68-70(81-62-24-14-43(36-73)30-54(62)55-31-44(37-74)15-25-63(55)81)69(49-20-22-50(23-21-49)80-60-12-6-4-10-52(60)53-11-5-7-13-61(53)80)79-72(83-66-28-18-47(40-77)34-58(66)59-35-48(41-78)19-29-67(59)83)71(68)82-64-26-16-45(38-75)32-56(64)57-33-46(39-76)17-27-65(57)82/h2-35H,1H3. The molecule has 0 saturated heterocycles. The zero-order valence-corrected chi connectivity index (χ0v) is 44.0. The lowest BCUT2D eigenvalue weighted by Crippen LogP contribution is -2.14. The van der Waals surface area contributed by atoms with E-state index in [2.05, 4.69) is 147 Å². The van der Waals surface area contributed by atoms with Crippen molar-refractivity contribution in [3.8, 4) is 81.7 Å². The van der Waals surface area contributed by atoms with Crippen LogP contribution >= 0.6 is 0 Å². The van der Waals surface area contributed by atoms with Crippen molar-refractivity contribution in [2.45, 2.75) is 6.92 Å². The molecule has 0 bridgehead atoms. The van der Waals surface area contributed by atoms with Gasteiger partial charge >= 0.3 is 0 Å². The third-order valence-electron chi connectivity index (χ3n) is 16.2. The summed E-state index contributed by atoms with van der Waals surface area (Å²) < 4.78 is 8.81. The molecular formula is C72H37N11. The van der Waals surface area contributed by atoms with E-state index in [4.69, 9.17) is 4.98 Å². The van der Waals surface area contributed by atoms with Crippen LogP contribution in [0.5, 0.6) is 0 Å². The van der Waals surface area contributed by atoms with Crippen LogP contribution in [0.25, 0.3) is 132 Å². The number of nitriles is 6. The smallest absolute Gasteiger partial charge is 0.163 e. The fraction of sp³-hybridized carbons (Fsp3) is 0.0139. The summed E-state index contributed by atoms with van der Waals surface area (Å²) in [6.45, 7) is 2.09. The van der Waals surface area contributed by atoms with Crippen LogP contribution in [-0.4, -0.2) is 23.3 Å². The first-order valence-corrected chi connectivity index (χ1v) is 26.7. The summed E-state index contributed by atoms with van der Waals surface area (Å²) >= 11 is 0. The number of aryl methyl sites for hydroxylation is 1. The second-order valence-corrected chi connectivity index (χ2v) is 20.7. The molecular weight excluding hydrogens is 1020 g/mol. The summed E-state index contributed by atoms with van der Waals surface area (Å²) in [4.78, 5) is 6.13. The molecule has 380 valence electrons. The molecule has 5 aromatic heterocycles. The predicted molar refractivity (Wildman–Crippen MR) is 325 cm³/mol. The highest BCUT2D eigenvalue weighted by molar-refractivity contribution is 6.16. The molecule has 0 radical (unpaired) electrons. The molecule has 11 heteroatoms. The number of nitrogens with zero attached hydrogens (tertiary/aromatic N) is 11. The molecule has 10 aromatic carbocycles. The average molecular weight is 1060 g/mol. The molecule has 0 atom stereocenters. The topological polar surface area (TPSA) is 175 Å². The number of hydrogen-bond donors (Lipinski definition) is 0. The quantitative estimate of drug-likeness (QED) is 0.159. The summed E-state index contributed by atoms with van der Waals surface area (Å²) in [7, 11) is 0. The minimum Gasteiger partial charge on any atom is -0.309 e. The van der Waals surface area contributed by atoms with Crippen molar-refractivity contribution in [3.05, 3.63) is 245 Å². The molecule has 0 unspecified atom stereocenters. The maximum absolute atomic E-state index is 10.4. The zero-order chi connectivity index (χ0) is 56.2. The Morgan fingerprint density at radius 1 is 0.313 bits per heavy atom. The van der Waals surface area contributed by atoms with E-state index in [-0.39, 0.29) is 0 Å². The number of fused-ring (bicyclic) bond motifs is 12. The van der Waals surface area contributed by atoms with Crippen LogP contribution in [-0.2, 0) is 0 Å². The van der Waals surface area contributed by atoms with Crippen LogP contribution < -0.4 is 0 Å². The van der Waals surface area contributed by atoms with Crippen molar-refractivity contribution < 1.29 is 0 Å². The Morgan fingerprint density at radius 2 is 0.651 bits per heavy atom. The fourth-order valence-electron chi connectivity index (χ4n) is 12.6. The van der Waals surface area contributed by atoms with Gasteiger partial charge in [-0.25, -0.2) is 4.98 Å². The molecule has 15 aromatic rings. The van der Waals surface area contributed by atoms with Gasteiger partial charge in [0.25, 0.3) is 0 Å². The molecule has 83 heavy (non-hydrogen) atoms. The van der Waals surface area contributed by atoms with Gasteiger partial charge in [0, 0.05) is 59.9 Å². The third-order valence-corrected chi connectivity index (χ3v) is 16.2. The number of rotatable bonds is 6. The first-order chi connectivity index (χ1) is 40.8. The zero-order valence-electron chi connectivity index (χ0n) is 44.0. The van der Waals surface area contributed by atoms with Crippen molar-refractivity contribution in [2.75, 3.05) is 0 Å². The van der Waals surface area contributed by atoms with Crippen LogP contribution in [0.3, 0.4) is 0 Å². The van der Waals surface area contributed by atoms with E-state index in [9.17, 15) is 31.6 Å². The lowest BCUT2D eigenvalue weighted by atomic mass is 9.94. The van der Waals surface area contributed by atoms with Crippen LogP contribution in [0.15, 0.2) is 206 Å². The highest BCUT2D eigenvalue weighted by Crippen LogP contribution is 2.50. The highest BCUT2D eigenvalue weighted by atomic mass is 15.1. The first kappa shape index (κ1) is 47.7. The van der Waals surface area contributed by atoms with Gasteiger partial charge in [0.1, 0.15) is 0 Å². The lowest BCUT2D eigenvalue weighted by molar-refractivity contribution is 1.01. The molecule has 11 nitrogen and oxygen atoms in total. The Morgan fingerprint density at radius 3 is 1.04 bits per heavy atom. The maximum Gasteiger partial charge on any atom is 0.163 e. The Hall–Kier alpha value is -12.5. The van der Waals surface area contributed by atoms with Crippen LogP contribution in [0.1, 0.15) is 38.9 Å². The number of benzene rings is 10. The van der Waals surface area contributed by atoms with Gasteiger partial charge in [0.05, 0.1) is 131 Å². The highest BCUT2D eigenvalue weighted by Gasteiger charge is 2.32. The van der Waals surface area contributed by atoms with Crippen LogP contribution in [0.4, 0.5) is 0 Å². The van der Waals surface area contributed by atoms with E-state index in [1.807, 2.05) is 97.1 Å². The minimum absolute atomic E-state index is 0.444. The third kappa shape index (κ3) is 7.01. The number of hydrogen-bond acceptors (Lipinski definition) is 7. The Bertz CT molecular complexity index is 5400. The van der Waals surface area contributed by atoms with Gasteiger partial charge in [0.15, 0.2) is 5.82 Å². The van der Waals surface area contributed by atoms with Gasteiger partial charge in [-0.2, -0.15) is 31.6 Å². The van der Waals surface area contributed by atoms with E-state index in [1.54, 1.807) is 24.3 Å². The number of aromatic nitrogens is 5. The molecule has 0 fully saturated rings. The molecule has 0 aliphatic rings. The second kappa shape index (κ2) is 18.3. The monoisotopic (exact) mass is 1060 g/mol. The van der Waals surface area contributed by atoms with Gasteiger partial charge in [-0.05, 0) is 152 Å². The molecule has 0 spiro atoms. The van der Waals surface area contributed by atoms with E-state index in [0.717, 1.165) is 115 Å². The van der Waals surface area contributed by atoms with Crippen LogP contribution in [0, 0.1) is 74.9 Å². The Labute approximate surface area is 473 Å². The van der Waals surface area contributed by atoms with E-state index in [0.29, 0.717) is 56.3 Å². The largest absolute Gasteiger partial charge is 0.309 e. The summed E-state index contributed by atoms with van der Waals surface area (Å²) in [6, 6.07) is 81.4. The van der Waals surface area contributed by atoms with E-state index in [1.165, 1.54) is 0 Å². The maximum atomic E-state index is 10.4. The second-order valence-electron chi connectivity index (χ2n) is 20.7. The molecule has 0 aliphatic heterocycles. The SMILES string of the molecule is Cc1ccccc1-c1c(-n2c3ccc(C#N)cc3c3cc(C#N)ccc32)c(-c2ccc(-n3c4ccccc4c4ccccc43)cc2)nc(-n2c3ccc(C#N)cc3c3cc(C#N)ccc32)c1-n1c2ccc(C#N)cc2c2cc(C#N)ccc21. The Balaban J connectivity index is 1.20.